The van der Waals surface area contributed by atoms with Crippen LogP contribution in [0.3, 0.4) is 0 Å². The molecule has 3 N–H and O–H groups in total. The largest absolute Gasteiger partial charge is 0.465 e. The molecule has 0 heterocycles. The minimum atomic E-state index is -3.64. The predicted octanol–water partition coefficient (Wildman–Crippen LogP) is -0.0969. The molecule has 0 aromatic rings. The topological polar surface area (TPSA) is 123 Å². The minimum Gasteiger partial charge on any atom is -0.465 e. The molecular formula is C11H23O8P. The highest BCUT2D eigenvalue weighted by Crippen LogP contribution is 2.48. The first-order valence-corrected chi connectivity index (χ1v) is 8.17. The van der Waals surface area contributed by atoms with Gasteiger partial charge in [-0.3, -0.25) is 9.36 Å². The molecule has 0 atom stereocenters. The molecule has 0 aliphatic heterocycles. The van der Waals surface area contributed by atoms with E-state index >= 15 is 0 Å². The highest BCUT2D eigenvalue weighted by atomic mass is 31.2. The fraction of sp³-hybridized carbons (Fsp3) is 0.909. The summed E-state index contributed by atoms with van der Waals surface area (Å²) < 4.78 is 27.1. The standard InChI is InChI=1S/C11H23O8P/c12-4-1-7-17-11(15)10-20(16,18-8-2-5-13)19-9-3-6-14/h12-14H,1-10H2. The Balaban J connectivity index is 4.27. The summed E-state index contributed by atoms with van der Waals surface area (Å²) in [5, 5.41) is 25.8. The summed E-state index contributed by atoms with van der Waals surface area (Å²) >= 11 is 0. The van der Waals surface area contributed by atoms with Gasteiger partial charge in [-0.05, 0) is 12.8 Å². The molecule has 0 saturated carbocycles. The van der Waals surface area contributed by atoms with E-state index in [2.05, 4.69) is 0 Å². The van der Waals surface area contributed by atoms with Crippen molar-refractivity contribution in [2.24, 2.45) is 0 Å². The SMILES string of the molecule is O=C(CP(=O)(OCCCO)OCCCO)OCCCO. The normalized spacial score (nSPS) is 11.6. The Morgan fingerprint density at radius 1 is 0.850 bits per heavy atom. The summed E-state index contributed by atoms with van der Waals surface area (Å²) in [6, 6.07) is 0. The summed E-state index contributed by atoms with van der Waals surface area (Å²) in [5.41, 5.74) is 0. The van der Waals surface area contributed by atoms with Crippen LogP contribution < -0.4 is 0 Å². The molecule has 0 spiro atoms. The second kappa shape index (κ2) is 12.3. The Morgan fingerprint density at radius 3 is 1.75 bits per heavy atom. The number of aliphatic hydroxyl groups is 3. The Labute approximate surface area is 118 Å². The Kier molecular flexibility index (Phi) is 12.0. The number of hydrogen-bond donors (Lipinski definition) is 3. The van der Waals surface area contributed by atoms with Gasteiger partial charge in [-0.2, -0.15) is 0 Å². The van der Waals surface area contributed by atoms with Gasteiger partial charge in [0, 0.05) is 26.2 Å². The monoisotopic (exact) mass is 314 g/mol. The van der Waals surface area contributed by atoms with Gasteiger partial charge in [-0.1, -0.05) is 0 Å². The van der Waals surface area contributed by atoms with E-state index in [0.29, 0.717) is 6.42 Å². The van der Waals surface area contributed by atoms with Crippen LogP contribution in [0.25, 0.3) is 0 Å². The van der Waals surface area contributed by atoms with E-state index in [1.807, 2.05) is 0 Å². The molecule has 0 radical (unpaired) electrons. The van der Waals surface area contributed by atoms with Gasteiger partial charge in [0.1, 0.15) is 6.16 Å². The maximum absolute atomic E-state index is 12.2. The van der Waals surface area contributed by atoms with Crippen LogP contribution in [0.2, 0.25) is 0 Å². The zero-order valence-corrected chi connectivity index (χ0v) is 12.3. The zero-order valence-electron chi connectivity index (χ0n) is 11.4. The third kappa shape index (κ3) is 10.3. The molecule has 0 aliphatic rings. The molecule has 0 aliphatic carbocycles. The summed E-state index contributed by atoms with van der Waals surface area (Å²) in [6.07, 6.45) is 0.307. The summed E-state index contributed by atoms with van der Waals surface area (Å²) in [5.74, 6) is -0.741. The Morgan fingerprint density at radius 2 is 1.30 bits per heavy atom. The van der Waals surface area contributed by atoms with Crippen LogP contribution in [0, 0.1) is 0 Å². The number of hydrogen-bond acceptors (Lipinski definition) is 8. The van der Waals surface area contributed by atoms with Crippen LogP contribution in [0.5, 0.6) is 0 Å². The minimum absolute atomic E-state index is 0.00315. The highest BCUT2D eigenvalue weighted by Gasteiger charge is 2.29. The van der Waals surface area contributed by atoms with Gasteiger partial charge in [0.25, 0.3) is 0 Å². The van der Waals surface area contributed by atoms with Gasteiger partial charge in [0.15, 0.2) is 0 Å². The van der Waals surface area contributed by atoms with Gasteiger partial charge in [-0.15, -0.1) is 0 Å². The number of rotatable bonds is 13. The fourth-order valence-electron chi connectivity index (χ4n) is 1.12. The van der Waals surface area contributed by atoms with Crippen LogP contribution >= 0.6 is 7.60 Å². The van der Waals surface area contributed by atoms with E-state index in [1.54, 1.807) is 0 Å². The van der Waals surface area contributed by atoms with E-state index in [0.717, 1.165) is 0 Å². The average Bonchev–Trinajstić information content (AvgIpc) is 2.39. The molecular weight excluding hydrogens is 291 g/mol. The lowest BCUT2D eigenvalue weighted by Gasteiger charge is -2.17. The van der Waals surface area contributed by atoms with Crippen molar-refractivity contribution < 1.29 is 38.5 Å². The van der Waals surface area contributed by atoms with Gasteiger partial charge >= 0.3 is 13.6 Å². The van der Waals surface area contributed by atoms with Gasteiger partial charge in [-0.25, -0.2) is 0 Å². The van der Waals surface area contributed by atoms with E-state index in [1.165, 1.54) is 0 Å². The van der Waals surface area contributed by atoms with Crippen molar-refractivity contribution >= 4 is 13.6 Å². The highest BCUT2D eigenvalue weighted by molar-refractivity contribution is 7.54. The third-order valence-corrected chi connectivity index (χ3v) is 3.87. The number of esters is 1. The van der Waals surface area contributed by atoms with Gasteiger partial charge in [0.05, 0.1) is 19.8 Å². The van der Waals surface area contributed by atoms with Crippen molar-refractivity contribution in [1.82, 2.24) is 0 Å². The fourth-order valence-corrected chi connectivity index (χ4v) is 2.60. The van der Waals surface area contributed by atoms with Gasteiger partial charge in [0.2, 0.25) is 0 Å². The van der Waals surface area contributed by atoms with Crippen LogP contribution in [0.4, 0.5) is 0 Å². The molecule has 0 saturated heterocycles. The second-order valence-electron chi connectivity index (χ2n) is 3.89. The third-order valence-electron chi connectivity index (χ3n) is 2.07. The van der Waals surface area contributed by atoms with Crippen LogP contribution in [-0.2, 0) is 23.1 Å². The van der Waals surface area contributed by atoms with Crippen molar-refractivity contribution in [2.45, 2.75) is 19.3 Å². The van der Waals surface area contributed by atoms with E-state index in [-0.39, 0.29) is 52.5 Å². The molecule has 20 heavy (non-hydrogen) atoms. The molecule has 0 rings (SSSR count). The smallest absolute Gasteiger partial charge is 0.341 e. The van der Waals surface area contributed by atoms with E-state index < -0.39 is 19.7 Å². The van der Waals surface area contributed by atoms with Crippen molar-refractivity contribution in [3.8, 4) is 0 Å². The first-order valence-electron chi connectivity index (χ1n) is 6.44. The molecule has 0 unspecified atom stereocenters. The van der Waals surface area contributed by atoms with Crippen molar-refractivity contribution in [3.05, 3.63) is 0 Å². The van der Waals surface area contributed by atoms with E-state index in [4.69, 9.17) is 29.1 Å². The number of carbonyl (C=O) groups excluding carboxylic acids is 1. The Bertz CT molecular complexity index is 282. The first kappa shape index (κ1) is 19.5. The van der Waals surface area contributed by atoms with Crippen molar-refractivity contribution in [3.63, 3.8) is 0 Å². The molecule has 120 valence electrons. The van der Waals surface area contributed by atoms with E-state index in [9.17, 15) is 9.36 Å². The molecule has 0 amide bonds. The molecule has 0 aromatic carbocycles. The molecule has 9 heteroatoms. The maximum Gasteiger partial charge on any atom is 0.341 e. The molecule has 0 bridgehead atoms. The summed E-state index contributed by atoms with van der Waals surface area (Å²) in [6.45, 7) is -0.337. The number of carbonyl (C=O) groups is 1. The molecule has 8 nitrogen and oxygen atoms in total. The maximum atomic E-state index is 12.2. The lowest BCUT2D eigenvalue weighted by molar-refractivity contribution is -0.141. The Hall–Kier alpha value is -0.500. The van der Waals surface area contributed by atoms with Crippen LogP contribution in [-0.4, -0.2) is 67.1 Å². The zero-order chi connectivity index (χ0) is 15.3. The number of aliphatic hydroxyl groups excluding tert-OH is 3. The lowest BCUT2D eigenvalue weighted by atomic mass is 10.5. The van der Waals surface area contributed by atoms with Crippen molar-refractivity contribution in [1.29, 1.82) is 0 Å². The second-order valence-corrected chi connectivity index (χ2v) is 5.94. The summed E-state index contributed by atoms with van der Waals surface area (Å²) in [7, 11) is -3.64. The van der Waals surface area contributed by atoms with Gasteiger partial charge < -0.3 is 29.1 Å². The summed E-state index contributed by atoms with van der Waals surface area (Å²) in [4.78, 5) is 11.5. The predicted molar refractivity (Wildman–Crippen MR) is 70.4 cm³/mol. The van der Waals surface area contributed by atoms with Crippen LogP contribution in [0.15, 0.2) is 0 Å². The van der Waals surface area contributed by atoms with Crippen molar-refractivity contribution in [2.75, 3.05) is 45.8 Å². The number of ether oxygens (including phenoxy) is 1. The lowest BCUT2D eigenvalue weighted by Crippen LogP contribution is -2.15. The average molecular weight is 314 g/mol. The molecule has 0 aromatic heterocycles. The molecule has 0 fully saturated rings. The van der Waals surface area contributed by atoms with Crippen LogP contribution in [0.1, 0.15) is 19.3 Å². The first-order chi connectivity index (χ1) is 9.58. The quantitative estimate of drug-likeness (QED) is 0.245.